The molecule has 0 spiro atoms. The second kappa shape index (κ2) is 14.6. The van der Waals surface area contributed by atoms with E-state index >= 15 is 0 Å². The lowest BCUT2D eigenvalue weighted by Crippen LogP contribution is -2.36. The van der Waals surface area contributed by atoms with Crippen molar-refractivity contribution in [3.8, 4) is 29.4 Å². The second-order valence-electron chi connectivity index (χ2n) is 10.7. The summed E-state index contributed by atoms with van der Waals surface area (Å²) in [6.45, 7) is 6.26. The summed E-state index contributed by atoms with van der Waals surface area (Å²) in [5.74, 6) is 1.44. The quantitative estimate of drug-likeness (QED) is 0.286. The van der Waals surface area contributed by atoms with E-state index in [-0.39, 0.29) is 11.4 Å². The van der Waals surface area contributed by atoms with Gasteiger partial charge >= 0.3 is 0 Å². The average Bonchev–Trinajstić information content (AvgIpc) is 3.14. The molecule has 13 heteroatoms. The largest absolute Gasteiger partial charge is 0.507 e. The molecule has 7 rings (SSSR count). The third kappa shape index (κ3) is 7.07. The molecule has 0 atom stereocenters. The third-order valence-electron chi connectivity index (χ3n) is 7.91. The smallest absolute Gasteiger partial charge is 0.155 e. The fourth-order valence-electron chi connectivity index (χ4n) is 5.47. The number of hydrogen-bond donors (Lipinski definition) is 1. The first kappa shape index (κ1) is 31.2. The van der Waals surface area contributed by atoms with Crippen molar-refractivity contribution in [1.29, 1.82) is 10.5 Å². The molecule has 13 nitrogen and oxygen atoms in total. The van der Waals surface area contributed by atoms with Gasteiger partial charge in [0.2, 0.25) is 0 Å². The molecule has 2 aliphatic heterocycles. The molecule has 2 saturated heterocycles. The molecule has 2 aliphatic rings. The minimum atomic E-state index is 0.0381. The predicted octanol–water partition coefficient (Wildman–Crippen LogP) is 3.97. The number of nitriles is 2. The van der Waals surface area contributed by atoms with E-state index in [0.29, 0.717) is 66.3 Å². The van der Waals surface area contributed by atoms with E-state index in [9.17, 15) is 10.4 Å². The minimum Gasteiger partial charge on any atom is -0.507 e. The number of phenolic OH excluding ortho intramolecular Hbond substituents is 1. The van der Waals surface area contributed by atoms with Crippen LogP contribution in [0.25, 0.3) is 21.8 Å². The van der Waals surface area contributed by atoms with Crippen LogP contribution >= 0.6 is 0 Å². The van der Waals surface area contributed by atoms with Crippen molar-refractivity contribution in [3.05, 3.63) is 78.1 Å². The van der Waals surface area contributed by atoms with Crippen molar-refractivity contribution in [3.63, 3.8) is 0 Å². The number of ether oxygens (including phenoxy) is 4. The number of benzene rings is 3. The molecule has 47 heavy (non-hydrogen) atoms. The van der Waals surface area contributed by atoms with E-state index < -0.39 is 0 Å². The Morgan fingerprint density at radius 3 is 1.83 bits per heavy atom. The molecule has 4 heterocycles. The molecule has 0 radical (unpaired) electrons. The average molecular weight is 633 g/mol. The zero-order valence-electron chi connectivity index (χ0n) is 25.8. The maximum Gasteiger partial charge on any atom is 0.155 e. The molecule has 0 bridgehead atoms. The summed E-state index contributed by atoms with van der Waals surface area (Å²) in [6.07, 6.45) is 2.75. The number of morpholine rings is 2. The summed E-state index contributed by atoms with van der Waals surface area (Å²) in [4.78, 5) is 20.8. The predicted molar refractivity (Wildman–Crippen MR) is 174 cm³/mol. The molecular weight excluding hydrogens is 600 g/mol. The summed E-state index contributed by atoms with van der Waals surface area (Å²) in [6, 6.07) is 19.2. The third-order valence-corrected chi connectivity index (χ3v) is 7.91. The van der Waals surface area contributed by atoms with E-state index in [0.717, 1.165) is 48.9 Å². The van der Waals surface area contributed by atoms with Crippen LogP contribution in [0.2, 0.25) is 0 Å². The van der Waals surface area contributed by atoms with Crippen LogP contribution in [-0.2, 0) is 16.1 Å². The molecule has 0 unspecified atom stereocenters. The molecule has 2 aromatic heterocycles. The Morgan fingerprint density at radius 2 is 1.28 bits per heavy atom. The summed E-state index contributed by atoms with van der Waals surface area (Å²) in [5.41, 5.74) is 4.66. The number of anilines is 2. The van der Waals surface area contributed by atoms with Gasteiger partial charge in [-0.05, 0) is 29.8 Å². The van der Waals surface area contributed by atoms with Crippen LogP contribution in [0.5, 0.6) is 17.2 Å². The van der Waals surface area contributed by atoms with Crippen molar-refractivity contribution >= 4 is 33.2 Å². The van der Waals surface area contributed by atoms with Crippen molar-refractivity contribution in [2.45, 2.75) is 6.61 Å². The Labute approximate surface area is 271 Å². The highest BCUT2D eigenvalue weighted by Gasteiger charge is 2.18. The fourth-order valence-corrected chi connectivity index (χ4v) is 5.47. The van der Waals surface area contributed by atoms with Crippen LogP contribution in [-0.4, -0.2) is 84.8 Å². The highest BCUT2D eigenvalue weighted by molar-refractivity contribution is 5.93. The van der Waals surface area contributed by atoms with Crippen molar-refractivity contribution in [2.24, 2.45) is 0 Å². The van der Waals surface area contributed by atoms with Gasteiger partial charge in [0.1, 0.15) is 48.6 Å². The Morgan fingerprint density at radius 1 is 0.745 bits per heavy atom. The number of phenols is 1. The van der Waals surface area contributed by atoms with Gasteiger partial charge in [-0.3, -0.25) is 0 Å². The van der Waals surface area contributed by atoms with E-state index in [1.165, 1.54) is 12.7 Å². The molecule has 3 aromatic carbocycles. The van der Waals surface area contributed by atoms with E-state index in [1.54, 1.807) is 13.2 Å². The van der Waals surface area contributed by atoms with Crippen LogP contribution in [0.3, 0.4) is 0 Å². The number of methoxy groups -OCH3 is 1. The number of fused-ring (bicyclic) bond motifs is 2. The molecule has 0 saturated carbocycles. The fraction of sp³-hybridized carbons (Fsp3) is 0.294. The molecule has 238 valence electrons. The first-order valence-corrected chi connectivity index (χ1v) is 15.1. The number of hydrogen-bond acceptors (Lipinski definition) is 13. The molecule has 0 amide bonds. The number of nitrogens with zero attached hydrogens (tertiary/aromatic N) is 8. The Kier molecular flexibility index (Phi) is 9.67. The molecule has 2 fully saturated rings. The molecular formula is C34H32N8O5. The lowest BCUT2D eigenvalue weighted by molar-refractivity contribution is 0.122. The van der Waals surface area contributed by atoms with Gasteiger partial charge in [0.25, 0.3) is 0 Å². The van der Waals surface area contributed by atoms with Crippen molar-refractivity contribution < 1.29 is 24.1 Å². The molecule has 5 aromatic rings. The van der Waals surface area contributed by atoms with Gasteiger partial charge in [0.15, 0.2) is 11.4 Å². The summed E-state index contributed by atoms with van der Waals surface area (Å²) in [7, 11) is 1.64. The van der Waals surface area contributed by atoms with E-state index in [1.807, 2.05) is 48.5 Å². The maximum atomic E-state index is 10.1. The topological polar surface area (TPSA) is 163 Å². The second-order valence-corrected chi connectivity index (χ2v) is 10.7. The first-order chi connectivity index (χ1) is 23.1. The lowest BCUT2D eigenvalue weighted by Gasteiger charge is -2.29. The van der Waals surface area contributed by atoms with Gasteiger partial charge in [-0.1, -0.05) is 12.1 Å². The van der Waals surface area contributed by atoms with Crippen molar-refractivity contribution in [1.82, 2.24) is 19.9 Å². The van der Waals surface area contributed by atoms with Gasteiger partial charge < -0.3 is 33.9 Å². The normalized spacial score (nSPS) is 14.5. The zero-order valence-corrected chi connectivity index (χ0v) is 25.8. The van der Waals surface area contributed by atoms with Gasteiger partial charge in [-0.25, -0.2) is 19.9 Å². The van der Waals surface area contributed by atoms with Crippen molar-refractivity contribution in [2.75, 3.05) is 69.5 Å². The highest BCUT2D eigenvalue weighted by atomic mass is 16.5. The van der Waals surface area contributed by atoms with Crippen LogP contribution in [0.4, 0.5) is 11.4 Å². The first-order valence-electron chi connectivity index (χ1n) is 15.1. The zero-order chi connectivity index (χ0) is 32.6. The highest BCUT2D eigenvalue weighted by Crippen LogP contribution is 2.34. The summed E-state index contributed by atoms with van der Waals surface area (Å²) in [5, 5.41) is 29.6. The van der Waals surface area contributed by atoms with E-state index in [2.05, 4.69) is 35.8 Å². The number of rotatable bonds is 6. The summed E-state index contributed by atoms with van der Waals surface area (Å²) >= 11 is 0. The Balaban J connectivity index is 0.000000177. The van der Waals surface area contributed by atoms with Gasteiger partial charge in [0.05, 0.1) is 55.3 Å². The van der Waals surface area contributed by atoms with Crippen LogP contribution < -0.4 is 19.3 Å². The SMILES string of the molecule is COc1ccc(COc2cc(N3CCOCC3)cc3ncnc(C#N)c23)cc1.N#Cc1ncnc2cc(N3CCOCC3)cc(O)c12. The van der Waals surface area contributed by atoms with Gasteiger partial charge in [-0.15, -0.1) is 0 Å². The van der Waals surface area contributed by atoms with Crippen LogP contribution in [0, 0.1) is 22.7 Å². The lowest BCUT2D eigenvalue weighted by atomic mass is 10.1. The monoisotopic (exact) mass is 632 g/mol. The summed E-state index contributed by atoms with van der Waals surface area (Å²) < 4.78 is 22.1. The maximum absolute atomic E-state index is 10.1. The Bertz CT molecular complexity index is 1950. The Hall–Kier alpha value is -5.76. The number of aromatic nitrogens is 4. The molecule has 0 aliphatic carbocycles. The van der Waals surface area contributed by atoms with E-state index in [4.69, 9.17) is 24.2 Å². The number of aromatic hydroxyl groups is 1. The molecule has 1 N–H and O–H groups in total. The van der Waals surface area contributed by atoms with Crippen LogP contribution in [0.15, 0.2) is 61.2 Å². The standard InChI is InChI=1S/C21H20N4O3.C13H12N4O2/c1-26-17-4-2-15(3-5-17)13-28-20-11-16(25-6-8-27-9-7-25)10-18-21(20)19(12-22)24-14-23-18;14-7-11-13-10(15-8-16-11)5-9(6-12(13)18)17-1-3-19-4-2-17/h2-5,10-11,14H,6-9,13H2,1H3;5-6,8,18H,1-4H2. The van der Waals surface area contributed by atoms with Gasteiger partial charge in [0, 0.05) is 49.7 Å². The van der Waals surface area contributed by atoms with Gasteiger partial charge in [-0.2, -0.15) is 10.5 Å². The minimum absolute atomic E-state index is 0.0381. The van der Waals surface area contributed by atoms with Crippen LogP contribution in [0.1, 0.15) is 17.0 Å².